The van der Waals surface area contributed by atoms with Crippen molar-refractivity contribution < 1.29 is 9.53 Å². The lowest BCUT2D eigenvalue weighted by molar-refractivity contribution is -0.145. The summed E-state index contributed by atoms with van der Waals surface area (Å²) in [5.74, 6) is -0.371. The van der Waals surface area contributed by atoms with Gasteiger partial charge >= 0.3 is 5.97 Å². The van der Waals surface area contributed by atoms with Gasteiger partial charge in [0.15, 0.2) is 0 Å². The van der Waals surface area contributed by atoms with E-state index in [1.54, 1.807) is 6.92 Å². The maximum Gasteiger partial charge on any atom is 0.329 e. The van der Waals surface area contributed by atoms with Crippen molar-refractivity contribution in [2.45, 2.75) is 39.2 Å². The minimum Gasteiger partial charge on any atom is -0.465 e. The molecule has 1 atom stereocenters. The number of thiazole rings is 1. The lowest BCUT2D eigenvalue weighted by Gasteiger charge is -2.16. The number of esters is 1. The first-order chi connectivity index (χ1) is 9.90. The Balaban J connectivity index is 2.87. The summed E-state index contributed by atoms with van der Waals surface area (Å²) in [5.41, 5.74) is 8.84. The van der Waals surface area contributed by atoms with Crippen LogP contribution < -0.4 is 5.32 Å². The van der Waals surface area contributed by atoms with E-state index in [9.17, 15) is 4.79 Å². The zero-order chi connectivity index (χ0) is 15.9. The average Bonchev–Trinajstić information content (AvgIpc) is 2.88. The Kier molecular flexibility index (Phi) is 6.61. The second-order valence-electron chi connectivity index (χ2n) is 5.42. The molecule has 0 saturated heterocycles. The van der Waals surface area contributed by atoms with E-state index < -0.39 is 6.04 Å². The number of nitrogens with one attached hydrogen (secondary N) is 1. The Morgan fingerprint density at radius 2 is 2.33 bits per heavy atom. The van der Waals surface area contributed by atoms with Gasteiger partial charge in [-0.2, -0.15) is 0 Å². The molecule has 1 aromatic rings. The van der Waals surface area contributed by atoms with Crippen molar-refractivity contribution in [1.29, 1.82) is 0 Å². The van der Waals surface area contributed by atoms with Crippen LogP contribution in [0.3, 0.4) is 0 Å². The lowest BCUT2D eigenvalue weighted by Crippen LogP contribution is -2.32. The van der Waals surface area contributed by atoms with Crippen LogP contribution in [0, 0.1) is 0 Å². The number of rotatable bonds is 7. The minimum absolute atomic E-state index is 0.0623. The summed E-state index contributed by atoms with van der Waals surface area (Å²) < 4.78 is 5.07. The molecule has 21 heavy (non-hydrogen) atoms. The molecule has 0 aliphatic rings. The Morgan fingerprint density at radius 1 is 1.62 bits per heavy atom. The zero-order valence-corrected chi connectivity index (χ0v) is 13.6. The van der Waals surface area contributed by atoms with E-state index in [0.29, 0.717) is 18.8 Å². The lowest BCUT2D eigenvalue weighted by atomic mass is 9.98. The molecule has 0 aromatic carbocycles. The van der Waals surface area contributed by atoms with Crippen LogP contribution in [0.15, 0.2) is 10.5 Å². The maximum atomic E-state index is 12.0. The van der Waals surface area contributed by atoms with Crippen molar-refractivity contribution in [1.82, 2.24) is 10.3 Å². The van der Waals surface area contributed by atoms with Crippen LogP contribution >= 0.6 is 11.3 Å². The molecule has 0 amide bonds. The number of azide groups is 1. The number of carbonyl (C=O) groups is 1. The zero-order valence-electron chi connectivity index (χ0n) is 12.8. The van der Waals surface area contributed by atoms with Gasteiger partial charge < -0.3 is 4.74 Å². The van der Waals surface area contributed by atoms with Crippen molar-refractivity contribution in [2.75, 3.05) is 19.7 Å². The standard InChI is InChI=1S/C13H21N5O2S/c1-5-20-11(19)10(15-6-7-16-18-14)9-8-21-12(17-9)13(2,3)4/h8,10,15H,5-7H2,1-4H3. The van der Waals surface area contributed by atoms with Gasteiger partial charge in [0, 0.05) is 28.8 Å². The van der Waals surface area contributed by atoms with Crippen LogP contribution in [0.5, 0.6) is 0 Å². The SMILES string of the molecule is CCOC(=O)C(NCCN=[N+]=[N-])c1csc(C(C)(C)C)n1. The minimum atomic E-state index is -0.633. The highest BCUT2D eigenvalue weighted by atomic mass is 32.1. The summed E-state index contributed by atoms with van der Waals surface area (Å²) in [6, 6.07) is -0.633. The Bertz CT molecular complexity index is 517. The second kappa shape index (κ2) is 7.97. The highest BCUT2D eigenvalue weighted by Gasteiger charge is 2.26. The molecular formula is C13H21N5O2S. The summed E-state index contributed by atoms with van der Waals surface area (Å²) in [4.78, 5) is 19.3. The molecule has 0 radical (unpaired) electrons. The normalized spacial score (nSPS) is 12.6. The van der Waals surface area contributed by atoms with Crippen molar-refractivity contribution in [3.05, 3.63) is 26.5 Å². The summed E-state index contributed by atoms with van der Waals surface area (Å²) in [7, 11) is 0. The fourth-order valence-electron chi connectivity index (χ4n) is 1.60. The molecule has 1 N–H and O–H groups in total. The maximum absolute atomic E-state index is 12.0. The summed E-state index contributed by atoms with van der Waals surface area (Å²) in [6.07, 6.45) is 0. The first-order valence-corrected chi connectivity index (χ1v) is 7.65. The van der Waals surface area contributed by atoms with Crippen molar-refractivity contribution >= 4 is 17.3 Å². The van der Waals surface area contributed by atoms with Crippen molar-refractivity contribution in [3.8, 4) is 0 Å². The molecule has 1 aromatic heterocycles. The van der Waals surface area contributed by atoms with Crippen LogP contribution in [0.1, 0.15) is 44.4 Å². The number of nitrogens with zero attached hydrogens (tertiary/aromatic N) is 4. The summed E-state index contributed by atoms with van der Waals surface area (Å²) in [5, 5.41) is 9.29. The van der Waals surface area contributed by atoms with Gasteiger partial charge in [0.25, 0.3) is 0 Å². The fourth-order valence-corrected chi connectivity index (χ4v) is 2.53. The number of hydrogen-bond donors (Lipinski definition) is 1. The van der Waals surface area contributed by atoms with E-state index in [1.807, 2.05) is 5.38 Å². The van der Waals surface area contributed by atoms with Gasteiger partial charge in [-0.25, -0.2) is 9.78 Å². The van der Waals surface area contributed by atoms with Crippen LogP contribution in [-0.2, 0) is 14.9 Å². The van der Waals surface area contributed by atoms with Crippen LogP contribution in [-0.4, -0.2) is 30.6 Å². The Hall–Kier alpha value is -1.63. The monoisotopic (exact) mass is 311 g/mol. The van der Waals surface area contributed by atoms with E-state index in [2.05, 4.69) is 41.1 Å². The molecule has 0 bridgehead atoms. The smallest absolute Gasteiger partial charge is 0.329 e. The molecule has 8 heteroatoms. The van der Waals surface area contributed by atoms with E-state index >= 15 is 0 Å². The van der Waals surface area contributed by atoms with Crippen LogP contribution in [0.25, 0.3) is 10.4 Å². The third-order valence-electron chi connectivity index (χ3n) is 2.61. The molecule has 116 valence electrons. The van der Waals surface area contributed by atoms with Gasteiger partial charge in [-0.3, -0.25) is 5.32 Å². The first-order valence-electron chi connectivity index (χ1n) is 6.77. The van der Waals surface area contributed by atoms with Crippen LogP contribution in [0.4, 0.5) is 0 Å². The van der Waals surface area contributed by atoms with E-state index in [-0.39, 0.29) is 17.9 Å². The Labute approximate surface area is 128 Å². The largest absolute Gasteiger partial charge is 0.465 e. The molecule has 0 aliphatic carbocycles. The average molecular weight is 311 g/mol. The van der Waals surface area contributed by atoms with Crippen LogP contribution in [0.2, 0.25) is 0 Å². The molecule has 1 rings (SSSR count). The number of carbonyl (C=O) groups excluding carboxylic acids is 1. The molecule has 0 aliphatic heterocycles. The summed E-state index contributed by atoms with van der Waals surface area (Å²) in [6.45, 7) is 8.94. The van der Waals surface area contributed by atoms with Gasteiger partial charge in [-0.15, -0.1) is 11.3 Å². The summed E-state index contributed by atoms with van der Waals surface area (Å²) >= 11 is 1.52. The third-order valence-corrected chi connectivity index (χ3v) is 3.89. The predicted molar refractivity (Wildman–Crippen MR) is 82.2 cm³/mol. The number of aromatic nitrogens is 1. The first kappa shape index (κ1) is 17.4. The quantitative estimate of drug-likeness (QED) is 0.275. The van der Waals surface area contributed by atoms with Gasteiger partial charge in [0.05, 0.1) is 17.3 Å². The molecule has 7 nitrogen and oxygen atoms in total. The number of hydrogen-bond acceptors (Lipinski definition) is 6. The van der Waals surface area contributed by atoms with Crippen molar-refractivity contribution in [2.24, 2.45) is 5.11 Å². The van der Waals surface area contributed by atoms with Gasteiger partial charge in [0.2, 0.25) is 0 Å². The molecule has 0 spiro atoms. The molecule has 0 saturated carbocycles. The van der Waals surface area contributed by atoms with E-state index in [1.165, 1.54) is 11.3 Å². The van der Waals surface area contributed by atoms with Gasteiger partial charge in [-0.1, -0.05) is 25.9 Å². The second-order valence-corrected chi connectivity index (χ2v) is 6.28. The van der Waals surface area contributed by atoms with Gasteiger partial charge in [0.1, 0.15) is 6.04 Å². The predicted octanol–water partition coefficient (Wildman–Crippen LogP) is 2.94. The van der Waals surface area contributed by atoms with E-state index in [0.717, 1.165) is 5.01 Å². The Morgan fingerprint density at radius 3 is 2.86 bits per heavy atom. The van der Waals surface area contributed by atoms with Crippen molar-refractivity contribution in [3.63, 3.8) is 0 Å². The number of ether oxygens (including phenoxy) is 1. The molecule has 0 fully saturated rings. The third kappa shape index (κ3) is 5.34. The fraction of sp³-hybridized carbons (Fsp3) is 0.692. The highest BCUT2D eigenvalue weighted by Crippen LogP contribution is 2.28. The molecule has 1 heterocycles. The topological polar surface area (TPSA) is 100.0 Å². The molecule has 1 unspecified atom stereocenters. The van der Waals surface area contributed by atoms with Gasteiger partial charge in [-0.05, 0) is 12.5 Å². The molecular weight excluding hydrogens is 290 g/mol. The highest BCUT2D eigenvalue weighted by molar-refractivity contribution is 7.09. The van der Waals surface area contributed by atoms with E-state index in [4.69, 9.17) is 10.3 Å².